The smallest absolute Gasteiger partial charge is 0.127 e. The van der Waals surface area contributed by atoms with E-state index in [1.54, 1.807) is 12.1 Å². The molecule has 5 heteroatoms. The van der Waals surface area contributed by atoms with Crippen molar-refractivity contribution in [2.45, 2.75) is 0 Å². The zero-order valence-corrected chi connectivity index (χ0v) is 11.0. The van der Waals surface area contributed by atoms with Gasteiger partial charge in [-0.25, -0.2) is 4.39 Å². The lowest BCUT2D eigenvalue weighted by Crippen LogP contribution is -1.94. The first kappa shape index (κ1) is 12.2. The molecule has 0 saturated heterocycles. The van der Waals surface area contributed by atoms with Gasteiger partial charge in [-0.1, -0.05) is 27.5 Å². The maximum absolute atomic E-state index is 13.1. The second-order valence-corrected chi connectivity index (χ2v) is 4.85. The molecule has 2 aromatic rings. The van der Waals surface area contributed by atoms with Crippen LogP contribution in [0.25, 0.3) is 0 Å². The minimum Gasteiger partial charge on any atom is -0.399 e. The molecule has 0 fully saturated rings. The second kappa shape index (κ2) is 4.94. The van der Waals surface area contributed by atoms with Crippen molar-refractivity contribution in [3.05, 3.63) is 51.7 Å². The Morgan fingerprint density at radius 2 is 1.94 bits per heavy atom. The predicted molar refractivity (Wildman–Crippen MR) is 73.2 cm³/mol. The third-order valence-electron chi connectivity index (χ3n) is 2.13. The van der Waals surface area contributed by atoms with E-state index in [1.807, 2.05) is 12.1 Å². The Kier molecular flexibility index (Phi) is 3.54. The number of nitrogens with two attached hydrogens (primary N) is 1. The van der Waals surface area contributed by atoms with E-state index >= 15 is 0 Å². The molecule has 17 heavy (non-hydrogen) atoms. The fourth-order valence-corrected chi connectivity index (χ4v) is 1.96. The molecule has 0 saturated carbocycles. The van der Waals surface area contributed by atoms with Crippen molar-refractivity contribution in [2.75, 3.05) is 11.1 Å². The molecule has 2 nitrogen and oxygen atoms in total. The lowest BCUT2D eigenvalue weighted by molar-refractivity contribution is 0.629. The normalized spacial score (nSPS) is 10.3. The fourth-order valence-electron chi connectivity index (χ4n) is 1.43. The molecule has 0 radical (unpaired) electrons. The monoisotopic (exact) mass is 314 g/mol. The summed E-state index contributed by atoms with van der Waals surface area (Å²) in [6.07, 6.45) is 0. The van der Waals surface area contributed by atoms with Crippen LogP contribution in [-0.4, -0.2) is 0 Å². The van der Waals surface area contributed by atoms with Gasteiger partial charge in [-0.3, -0.25) is 0 Å². The lowest BCUT2D eigenvalue weighted by Gasteiger charge is -2.09. The highest BCUT2D eigenvalue weighted by atomic mass is 79.9. The van der Waals surface area contributed by atoms with E-state index in [1.165, 1.54) is 12.1 Å². The van der Waals surface area contributed by atoms with Crippen molar-refractivity contribution < 1.29 is 4.39 Å². The van der Waals surface area contributed by atoms with E-state index in [4.69, 9.17) is 17.3 Å². The molecular weight excluding hydrogens is 307 g/mol. The summed E-state index contributed by atoms with van der Waals surface area (Å²) in [7, 11) is 0. The van der Waals surface area contributed by atoms with Gasteiger partial charge < -0.3 is 11.1 Å². The Bertz CT molecular complexity index is 540. The zero-order chi connectivity index (χ0) is 12.4. The molecule has 0 aromatic heterocycles. The Balaban J connectivity index is 2.34. The minimum absolute atomic E-state index is 0.360. The molecule has 88 valence electrons. The second-order valence-electron chi connectivity index (χ2n) is 3.52. The average Bonchev–Trinajstić information content (AvgIpc) is 2.22. The third-order valence-corrected chi connectivity index (χ3v) is 2.95. The van der Waals surface area contributed by atoms with Gasteiger partial charge >= 0.3 is 0 Å². The number of anilines is 3. The number of halogens is 3. The van der Waals surface area contributed by atoms with Gasteiger partial charge in [0.25, 0.3) is 0 Å². The summed E-state index contributed by atoms with van der Waals surface area (Å²) in [6.45, 7) is 0. The van der Waals surface area contributed by atoms with Crippen molar-refractivity contribution in [1.82, 2.24) is 0 Å². The summed E-state index contributed by atoms with van der Waals surface area (Å²) in [6, 6.07) is 9.63. The Labute approximate surface area is 112 Å². The minimum atomic E-state index is -0.390. The highest BCUT2D eigenvalue weighted by molar-refractivity contribution is 9.10. The van der Waals surface area contributed by atoms with Crippen LogP contribution in [0.15, 0.2) is 40.9 Å². The molecule has 2 aromatic carbocycles. The molecular formula is C12H9BrClFN2. The van der Waals surface area contributed by atoms with Crippen LogP contribution in [0.2, 0.25) is 5.02 Å². The maximum Gasteiger partial charge on any atom is 0.127 e. The molecule has 0 aliphatic rings. The Hall–Kier alpha value is -1.26. The van der Waals surface area contributed by atoms with Crippen LogP contribution >= 0.6 is 27.5 Å². The van der Waals surface area contributed by atoms with Crippen molar-refractivity contribution in [1.29, 1.82) is 0 Å². The van der Waals surface area contributed by atoms with Gasteiger partial charge in [-0.15, -0.1) is 0 Å². The molecule has 3 N–H and O–H groups in total. The summed E-state index contributed by atoms with van der Waals surface area (Å²) in [5.41, 5.74) is 7.16. The standard InChI is InChI=1S/C12H9BrClFN2/c13-7-1-2-11(14)12(3-7)17-10-5-8(15)4-9(16)6-10/h1-6,17H,16H2. The van der Waals surface area contributed by atoms with Crippen LogP contribution in [0, 0.1) is 5.82 Å². The number of hydrogen-bond donors (Lipinski definition) is 2. The number of nitrogen functional groups attached to an aromatic ring is 1. The van der Waals surface area contributed by atoms with E-state index < -0.39 is 5.82 Å². The number of benzene rings is 2. The topological polar surface area (TPSA) is 38.0 Å². The molecule has 0 heterocycles. The van der Waals surface area contributed by atoms with Gasteiger partial charge in [0.15, 0.2) is 0 Å². The summed E-state index contributed by atoms with van der Waals surface area (Å²) >= 11 is 9.36. The Morgan fingerprint density at radius 3 is 2.65 bits per heavy atom. The van der Waals surface area contributed by atoms with E-state index in [0.29, 0.717) is 22.1 Å². The first-order valence-corrected chi connectivity index (χ1v) is 6.00. The number of nitrogens with one attached hydrogen (secondary N) is 1. The van der Waals surface area contributed by atoms with Crippen molar-refractivity contribution in [3.8, 4) is 0 Å². The molecule has 0 amide bonds. The molecule has 0 atom stereocenters. The summed E-state index contributed by atoms with van der Waals surface area (Å²) in [5, 5.41) is 3.56. The fraction of sp³-hybridized carbons (Fsp3) is 0. The molecule has 0 aliphatic carbocycles. The third kappa shape index (κ3) is 3.11. The maximum atomic E-state index is 13.1. The first-order chi connectivity index (χ1) is 8.04. The molecule has 0 spiro atoms. The largest absolute Gasteiger partial charge is 0.399 e. The van der Waals surface area contributed by atoms with Gasteiger partial charge in [-0.2, -0.15) is 0 Å². The zero-order valence-electron chi connectivity index (χ0n) is 8.68. The highest BCUT2D eigenvalue weighted by Gasteiger charge is 2.03. The lowest BCUT2D eigenvalue weighted by atomic mass is 10.2. The van der Waals surface area contributed by atoms with Gasteiger partial charge in [0.2, 0.25) is 0 Å². The van der Waals surface area contributed by atoms with Crippen LogP contribution in [-0.2, 0) is 0 Å². The highest BCUT2D eigenvalue weighted by Crippen LogP contribution is 2.29. The van der Waals surface area contributed by atoms with Crippen LogP contribution in [0.1, 0.15) is 0 Å². The average molecular weight is 316 g/mol. The van der Waals surface area contributed by atoms with E-state index in [0.717, 1.165) is 4.47 Å². The van der Waals surface area contributed by atoms with Crippen molar-refractivity contribution in [2.24, 2.45) is 0 Å². The predicted octanol–water partition coefficient (Wildman–Crippen LogP) is 4.57. The summed E-state index contributed by atoms with van der Waals surface area (Å²) < 4.78 is 14.0. The molecule has 2 rings (SSSR count). The van der Waals surface area contributed by atoms with Crippen LogP contribution in [0.5, 0.6) is 0 Å². The van der Waals surface area contributed by atoms with Gasteiger partial charge in [0.1, 0.15) is 5.82 Å². The number of hydrogen-bond acceptors (Lipinski definition) is 2. The van der Waals surface area contributed by atoms with Crippen LogP contribution in [0.3, 0.4) is 0 Å². The van der Waals surface area contributed by atoms with Crippen molar-refractivity contribution in [3.63, 3.8) is 0 Å². The van der Waals surface area contributed by atoms with E-state index in [2.05, 4.69) is 21.2 Å². The molecule has 0 unspecified atom stereocenters. The Morgan fingerprint density at radius 1 is 1.18 bits per heavy atom. The first-order valence-electron chi connectivity index (χ1n) is 4.83. The quantitative estimate of drug-likeness (QED) is 0.797. The summed E-state index contributed by atoms with van der Waals surface area (Å²) in [4.78, 5) is 0. The SMILES string of the molecule is Nc1cc(F)cc(Nc2cc(Br)ccc2Cl)c1. The van der Waals surface area contributed by atoms with E-state index in [-0.39, 0.29) is 0 Å². The van der Waals surface area contributed by atoms with Gasteiger partial charge in [-0.05, 0) is 36.4 Å². The van der Waals surface area contributed by atoms with Gasteiger partial charge in [0.05, 0.1) is 10.7 Å². The number of rotatable bonds is 2. The van der Waals surface area contributed by atoms with E-state index in [9.17, 15) is 4.39 Å². The van der Waals surface area contributed by atoms with Crippen LogP contribution < -0.4 is 11.1 Å². The molecule has 0 bridgehead atoms. The summed E-state index contributed by atoms with van der Waals surface area (Å²) in [5.74, 6) is -0.390. The van der Waals surface area contributed by atoms with Gasteiger partial charge in [0, 0.05) is 15.8 Å². The van der Waals surface area contributed by atoms with Crippen LogP contribution in [0.4, 0.5) is 21.5 Å². The molecule has 0 aliphatic heterocycles. The van der Waals surface area contributed by atoms with Crippen molar-refractivity contribution >= 4 is 44.6 Å².